The van der Waals surface area contributed by atoms with Gasteiger partial charge < -0.3 is 0 Å². The van der Waals surface area contributed by atoms with Gasteiger partial charge in [-0.15, -0.1) is 5.10 Å². The van der Waals surface area contributed by atoms with Crippen molar-refractivity contribution in [3.63, 3.8) is 0 Å². The van der Waals surface area contributed by atoms with Gasteiger partial charge in [-0.1, -0.05) is 35.5 Å². The minimum absolute atomic E-state index is 0.304. The Hall–Kier alpha value is -3.24. The number of rotatable bonds is 3. The highest BCUT2D eigenvalue weighted by Crippen LogP contribution is 2.28. The molecule has 0 aliphatic rings. The molecule has 0 amide bonds. The van der Waals surface area contributed by atoms with E-state index >= 15 is 0 Å². The molecule has 4 aromatic heterocycles. The Bertz CT molecular complexity index is 1410. The lowest BCUT2D eigenvalue weighted by Crippen LogP contribution is -2.21. The number of benzene rings is 1. The monoisotopic (exact) mass is 410 g/mol. The van der Waals surface area contributed by atoms with Crippen molar-refractivity contribution in [1.82, 2.24) is 39.3 Å². The van der Waals surface area contributed by atoms with Crippen molar-refractivity contribution in [1.29, 1.82) is 0 Å². The van der Waals surface area contributed by atoms with Crippen LogP contribution < -0.4 is 5.56 Å². The summed E-state index contributed by atoms with van der Waals surface area (Å²) in [5, 5.41) is 12.6. The van der Waals surface area contributed by atoms with E-state index in [1.54, 1.807) is 24.4 Å². The van der Waals surface area contributed by atoms with Crippen molar-refractivity contribution in [3.05, 3.63) is 58.2 Å². The first-order valence-corrected chi connectivity index (χ1v) is 9.74. The Balaban J connectivity index is 1.90. The van der Waals surface area contributed by atoms with Gasteiger partial charge in [0, 0.05) is 16.8 Å². The molecule has 0 unspecified atom stereocenters. The van der Waals surface area contributed by atoms with Crippen LogP contribution in [0.5, 0.6) is 0 Å². The van der Waals surface area contributed by atoms with E-state index < -0.39 is 0 Å². The molecule has 5 aromatic rings. The average Bonchev–Trinajstić information content (AvgIpc) is 3.35. The van der Waals surface area contributed by atoms with Crippen molar-refractivity contribution >= 4 is 40.0 Å². The van der Waals surface area contributed by atoms with Crippen LogP contribution in [0.25, 0.3) is 33.9 Å². The molecule has 0 spiro atoms. The molecule has 4 heterocycles. The number of thioether (sulfide) groups is 1. The van der Waals surface area contributed by atoms with Crippen molar-refractivity contribution in [3.8, 4) is 17.2 Å². The Morgan fingerprint density at radius 1 is 1.21 bits per heavy atom. The van der Waals surface area contributed by atoms with Crippen LogP contribution in [0.1, 0.15) is 0 Å². The zero-order valence-corrected chi connectivity index (χ0v) is 15.9. The number of H-pyrrole nitrogens is 1. The molecule has 138 valence electrons. The van der Waals surface area contributed by atoms with Crippen LogP contribution in [0, 0.1) is 0 Å². The summed E-state index contributed by atoms with van der Waals surface area (Å²) >= 11 is 7.57. The molecule has 0 bridgehead atoms. The second kappa shape index (κ2) is 6.43. The standard InChI is InChI=1S/C17H11ClN8OS/c1-28-17-22-16(23-24-17)25-6-5-11-12(14(25)27)13(9-3-2-4-10(18)7-9)26-15(21-11)19-8-20-26/h2-8H,1H3,(H,22,23,24). The number of fused-ring (bicyclic) bond motifs is 2. The molecule has 0 aliphatic carbocycles. The Morgan fingerprint density at radius 2 is 2.11 bits per heavy atom. The van der Waals surface area contributed by atoms with E-state index in [4.69, 9.17) is 11.6 Å². The van der Waals surface area contributed by atoms with Gasteiger partial charge in [0.25, 0.3) is 11.3 Å². The number of hydrogen-bond acceptors (Lipinski definition) is 7. The van der Waals surface area contributed by atoms with Gasteiger partial charge in [-0.3, -0.25) is 9.36 Å². The van der Waals surface area contributed by atoms with E-state index in [-0.39, 0.29) is 5.56 Å². The molecular weight excluding hydrogens is 400 g/mol. The minimum Gasteiger partial charge on any atom is -0.268 e. The first-order chi connectivity index (χ1) is 13.7. The van der Waals surface area contributed by atoms with Crippen LogP contribution in [0.15, 0.2) is 52.8 Å². The van der Waals surface area contributed by atoms with Crippen molar-refractivity contribution in [2.24, 2.45) is 0 Å². The number of pyridine rings is 1. The number of hydrogen-bond donors (Lipinski definition) is 1. The smallest absolute Gasteiger partial charge is 0.268 e. The summed E-state index contributed by atoms with van der Waals surface area (Å²) in [5.41, 5.74) is 1.49. The summed E-state index contributed by atoms with van der Waals surface area (Å²) in [6, 6.07) is 8.95. The normalized spacial score (nSPS) is 11.5. The Morgan fingerprint density at radius 3 is 2.89 bits per heavy atom. The molecule has 9 nitrogen and oxygen atoms in total. The van der Waals surface area contributed by atoms with Gasteiger partial charge >= 0.3 is 0 Å². The highest BCUT2D eigenvalue weighted by atomic mass is 35.5. The van der Waals surface area contributed by atoms with Gasteiger partial charge in [0.1, 0.15) is 6.33 Å². The highest BCUT2D eigenvalue weighted by molar-refractivity contribution is 7.98. The molecule has 0 fully saturated rings. The third-order valence-corrected chi connectivity index (χ3v) is 5.01. The molecular formula is C17H11ClN8OS. The molecule has 28 heavy (non-hydrogen) atoms. The van der Waals surface area contributed by atoms with Crippen LogP contribution in [-0.4, -0.2) is 45.6 Å². The van der Waals surface area contributed by atoms with Gasteiger partial charge in [-0.05, 0) is 24.5 Å². The van der Waals surface area contributed by atoms with Crippen LogP contribution >= 0.6 is 23.4 Å². The maximum absolute atomic E-state index is 13.4. The van der Waals surface area contributed by atoms with Crippen LogP contribution in [0.3, 0.4) is 0 Å². The molecule has 11 heteroatoms. The van der Waals surface area contributed by atoms with Gasteiger partial charge in [-0.2, -0.15) is 19.6 Å². The van der Waals surface area contributed by atoms with Crippen molar-refractivity contribution in [2.45, 2.75) is 5.16 Å². The lowest BCUT2D eigenvalue weighted by molar-refractivity contribution is 0.895. The minimum atomic E-state index is -0.304. The second-order valence-corrected chi connectivity index (χ2v) is 7.05. The topological polar surface area (TPSA) is 107 Å². The Kier molecular flexibility index (Phi) is 3.88. The number of nitrogens with zero attached hydrogens (tertiary/aromatic N) is 7. The summed E-state index contributed by atoms with van der Waals surface area (Å²) in [6.45, 7) is 0. The van der Waals surface area contributed by atoms with E-state index in [0.29, 0.717) is 38.5 Å². The number of halogens is 1. The van der Waals surface area contributed by atoms with Crippen LogP contribution in [0.4, 0.5) is 0 Å². The van der Waals surface area contributed by atoms with Crippen molar-refractivity contribution < 1.29 is 0 Å². The van der Waals surface area contributed by atoms with E-state index in [9.17, 15) is 4.79 Å². The SMILES string of the molecule is CSc1n[nH]c(-n2ccc3nc4ncnn4c(-c4cccc(Cl)c4)c3c2=O)n1. The third-order valence-electron chi connectivity index (χ3n) is 4.23. The van der Waals surface area contributed by atoms with E-state index in [2.05, 4.69) is 30.2 Å². The largest absolute Gasteiger partial charge is 0.269 e. The number of aromatic amines is 1. The van der Waals surface area contributed by atoms with Gasteiger partial charge in [0.15, 0.2) is 0 Å². The molecule has 0 radical (unpaired) electrons. The highest BCUT2D eigenvalue weighted by Gasteiger charge is 2.18. The molecule has 0 atom stereocenters. The zero-order chi connectivity index (χ0) is 19.3. The maximum Gasteiger partial charge on any atom is 0.269 e. The summed E-state index contributed by atoms with van der Waals surface area (Å²) in [5.74, 6) is 0.718. The van der Waals surface area contributed by atoms with Crippen LogP contribution in [-0.2, 0) is 0 Å². The van der Waals surface area contributed by atoms with E-state index in [1.807, 2.05) is 18.4 Å². The summed E-state index contributed by atoms with van der Waals surface area (Å²) in [4.78, 5) is 26.3. The van der Waals surface area contributed by atoms with E-state index in [0.717, 1.165) is 5.56 Å². The fourth-order valence-electron chi connectivity index (χ4n) is 3.03. The maximum atomic E-state index is 13.4. The third kappa shape index (κ3) is 2.57. The summed E-state index contributed by atoms with van der Waals surface area (Å²) < 4.78 is 2.93. The molecule has 0 aliphatic heterocycles. The molecule has 1 aromatic carbocycles. The Labute approximate surface area is 166 Å². The lowest BCUT2D eigenvalue weighted by atomic mass is 10.1. The molecule has 0 saturated carbocycles. The number of nitrogens with one attached hydrogen (secondary N) is 1. The molecule has 0 saturated heterocycles. The first kappa shape index (κ1) is 16.9. The fourth-order valence-corrected chi connectivity index (χ4v) is 3.54. The number of aromatic nitrogens is 8. The van der Waals surface area contributed by atoms with Crippen molar-refractivity contribution in [2.75, 3.05) is 6.26 Å². The second-order valence-electron chi connectivity index (χ2n) is 5.84. The predicted octanol–water partition coefficient (Wildman–Crippen LogP) is 2.59. The van der Waals surface area contributed by atoms with Gasteiger partial charge in [0.2, 0.25) is 11.1 Å². The predicted molar refractivity (Wildman–Crippen MR) is 106 cm³/mol. The average molecular weight is 411 g/mol. The zero-order valence-electron chi connectivity index (χ0n) is 14.4. The summed E-state index contributed by atoms with van der Waals surface area (Å²) in [6.07, 6.45) is 4.87. The van der Waals surface area contributed by atoms with Gasteiger partial charge in [0.05, 0.1) is 16.6 Å². The van der Waals surface area contributed by atoms with Crippen LogP contribution in [0.2, 0.25) is 5.02 Å². The first-order valence-electron chi connectivity index (χ1n) is 8.13. The lowest BCUT2D eigenvalue weighted by Gasteiger charge is -2.10. The summed E-state index contributed by atoms with van der Waals surface area (Å²) in [7, 11) is 0. The molecule has 1 N–H and O–H groups in total. The quantitative estimate of drug-likeness (QED) is 0.455. The fraction of sp³-hybridized carbons (Fsp3) is 0.0588. The molecule has 5 rings (SSSR count). The van der Waals surface area contributed by atoms with E-state index in [1.165, 1.54) is 27.2 Å². The van der Waals surface area contributed by atoms with Gasteiger partial charge in [-0.25, -0.2) is 10.1 Å².